The minimum atomic E-state index is -1.86. The number of hydrogen-bond acceptors (Lipinski definition) is 13. The Kier molecular flexibility index (Phi) is 25.8. The Balaban J connectivity index is 1.73. The number of allylic oxidation sites excluding steroid dienone is 2. The fourth-order valence-corrected chi connectivity index (χ4v) is 10.3. The third-order valence-corrected chi connectivity index (χ3v) is 15.5. The van der Waals surface area contributed by atoms with Crippen molar-refractivity contribution in [3.63, 3.8) is 0 Å². The number of ether oxygens (including phenoxy) is 3. The second-order valence-electron chi connectivity index (χ2n) is 21.5. The third-order valence-electron chi connectivity index (χ3n) is 15.5. The molecule has 0 aliphatic carbocycles. The van der Waals surface area contributed by atoms with Crippen molar-refractivity contribution in [1.82, 2.24) is 5.32 Å². The molecular formula is C52H95N3O12. The Morgan fingerprint density at radius 2 is 1.45 bits per heavy atom. The molecule has 390 valence electrons. The lowest BCUT2D eigenvalue weighted by molar-refractivity contribution is -0.371. The van der Waals surface area contributed by atoms with E-state index in [9.17, 15) is 45.6 Å². The monoisotopic (exact) mass is 954 g/mol. The van der Waals surface area contributed by atoms with Gasteiger partial charge in [0.2, 0.25) is 0 Å². The number of rotatable bonds is 11. The van der Waals surface area contributed by atoms with Crippen molar-refractivity contribution in [2.45, 2.75) is 231 Å². The quantitative estimate of drug-likeness (QED) is 0.0417. The molecule has 4 rings (SSSR count). The zero-order chi connectivity index (χ0) is 50.0. The molecule has 15 heteroatoms. The Hall–Kier alpha value is -2.18. The maximum Gasteiger partial charge on any atom is 0.306 e. The molecule has 67 heavy (non-hydrogen) atoms. The molecule has 2 saturated heterocycles. The van der Waals surface area contributed by atoms with Crippen LogP contribution < -0.4 is 11.1 Å². The number of nitrogens with zero attached hydrogens (tertiary/aromatic N) is 1. The lowest BCUT2D eigenvalue weighted by atomic mass is 9.79. The number of aliphatic hydroxyl groups excluding tert-OH is 7. The zero-order valence-corrected chi connectivity index (χ0v) is 42.5. The van der Waals surface area contributed by atoms with E-state index in [-0.39, 0.29) is 92.5 Å². The second kappa shape index (κ2) is 29.2. The van der Waals surface area contributed by atoms with E-state index in [4.69, 9.17) is 19.9 Å². The molecule has 11 N–H and O–H groups in total. The van der Waals surface area contributed by atoms with Crippen molar-refractivity contribution in [2.75, 3.05) is 13.6 Å². The smallest absolute Gasteiger partial charge is 0.306 e. The van der Waals surface area contributed by atoms with Gasteiger partial charge in [0, 0.05) is 44.7 Å². The maximum atomic E-state index is 13.6. The third kappa shape index (κ3) is 19.9. The molecule has 4 aliphatic heterocycles. The first kappa shape index (κ1) is 59.1. The molecule has 0 aromatic rings. The summed E-state index contributed by atoms with van der Waals surface area (Å²) in [7, 11) is 1.66. The number of esters is 1. The lowest BCUT2D eigenvalue weighted by Gasteiger charge is -2.52. The van der Waals surface area contributed by atoms with Gasteiger partial charge in [0.1, 0.15) is 12.2 Å². The van der Waals surface area contributed by atoms with E-state index in [1.165, 1.54) is 0 Å². The van der Waals surface area contributed by atoms with Crippen LogP contribution in [0.4, 0.5) is 0 Å². The fourth-order valence-electron chi connectivity index (χ4n) is 10.3. The minimum absolute atomic E-state index is 0.00107. The van der Waals surface area contributed by atoms with Crippen molar-refractivity contribution in [3.8, 4) is 0 Å². The van der Waals surface area contributed by atoms with Crippen LogP contribution in [-0.2, 0) is 19.0 Å². The van der Waals surface area contributed by atoms with Crippen molar-refractivity contribution >= 4 is 11.9 Å². The molecule has 2 fully saturated rings. The van der Waals surface area contributed by atoms with Gasteiger partial charge in [0.25, 0.3) is 0 Å². The summed E-state index contributed by atoms with van der Waals surface area (Å²) < 4.78 is 18.7. The SMILES string of the molecule is CN=C(N)NCCCC=CCCCC(C)CC(C)C1OC(=O)CCC(C)C(O)CC(O)C(C)C(C)CCC(C)C2CC3(O)OC(CC(O)CC(O)CC(O)C(C)C(O)C=CC1C)CC(O2)C3O. The molecule has 15 nitrogen and oxygen atoms in total. The number of aliphatic hydroxyl groups is 8. The van der Waals surface area contributed by atoms with E-state index in [1.54, 1.807) is 20.0 Å². The van der Waals surface area contributed by atoms with Gasteiger partial charge in [-0.2, -0.15) is 0 Å². The molecule has 20 atom stereocenters. The van der Waals surface area contributed by atoms with Crippen LogP contribution in [0.15, 0.2) is 29.3 Å². The molecule has 0 aromatic heterocycles. The molecule has 0 amide bonds. The number of nitrogens with one attached hydrogen (secondary N) is 1. The first-order chi connectivity index (χ1) is 31.5. The number of nitrogens with two attached hydrogens (primary N) is 1. The summed E-state index contributed by atoms with van der Waals surface area (Å²) in [5.74, 6) is -2.67. The first-order valence-corrected chi connectivity index (χ1v) is 25.9. The highest BCUT2D eigenvalue weighted by Gasteiger charge is 2.55. The maximum absolute atomic E-state index is 13.6. The van der Waals surface area contributed by atoms with E-state index >= 15 is 0 Å². The summed E-state index contributed by atoms with van der Waals surface area (Å²) in [5.41, 5.74) is 5.68. The van der Waals surface area contributed by atoms with E-state index in [2.05, 4.69) is 43.2 Å². The second-order valence-corrected chi connectivity index (χ2v) is 21.5. The standard InChI is InChI=1S/C52H95N3O12/c1-31(16-14-12-10-11-13-15-23-55-51(53)54-9)24-36(6)49-35(5)19-21-42(58)38(8)44(60)27-40(57)25-39(56)26-41-28-46-50(63)52(64,67-41)30-47(65-46)34(4)18-17-32(2)37(7)45(61)29-43(59)33(3)20-22-48(62)66-49/h10-11,19,21,31-47,49-50,56-61,63-64H,12-18,20,22-30H2,1-9H3,(H3,53,54,55). The van der Waals surface area contributed by atoms with Gasteiger partial charge in [-0.15, -0.1) is 0 Å². The van der Waals surface area contributed by atoms with Gasteiger partial charge in [-0.3, -0.25) is 9.79 Å². The topological polar surface area (TPSA) is 257 Å². The van der Waals surface area contributed by atoms with Crippen LogP contribution in [0.3, 0.4) is 0 Å². The zero-order valence-electron chi connectivity index (χ0n) is 42.5. The highest BCUT2D eigenvalue weighted by molar-refractivity contribution is 5.77. The summed E-state index contributed by atoms with van der Waals surface area (Å²) in [5, 5.41) is 92.3. The highest BCUT2D eigenvalue weighted by Crippen LogP contribution is 2.43. The predicted octanol–water partition coefficient (Wildman–Crippen LogP) is 5.27. The van der Waals surface area contributed by atoms with Gasteiger partial charge in [0.05, 0.1) is 54.9 Å². The van der Waals surface area contributed by atoms with Crippen molar-refractivity contribution in [3.05, 3.63) is 24.3 Å². The molecular weight excluding hydrogens is 859 g/mol. The summed E-state index contributed by atoms with van der Waals surface area (Å²) in [4.78, 5) is 17.5. The van der Waals surface area contributed by atoms with Gasteiger partial charge < -0.3 is 66.1 Å². The number of unbranched alkanes of at least 4 members (excludes halogenated alkanes) is 2. The van der Waals surface area contributed by atoms with E-state index in [0.717, 1.165) is 57.9 Å². The Morgan fingerprint density at radius 1 is 0.806 bits per heavy atom. The van der Waals surface area contributed by atoms with Crippen molar-refractivity contribution in [2.24, 2.45) is 58.1 Å². The molecule has 0 aromatic carbocycles. The van der Waals surface area contributed by atoms with E-state index < -0.39 is 72.7 Å². The molecule has 0 radical (unpaired) electrons. The number of guanidine groups is 1. The average molecular weight is 954 g/mol. The molecule has 0 spiro atoms. The first-order valence-electron chi connectivity index (χ1n) is 25.9. The van der Waals surface area contributed by atoms with Gasteiger partial charge in [-0.05, 0) is 106 Å². The molecule has 0 saturated carbocycles. The Bertz CT molecular complexity index is 1500. The molecule has 20 unspecified atom stereocenters. The van der Waals surface area contributed by atoms with Gasteiger partial charge in [-0.25, -0.2) is 0 Å². The molecule has 4 heterocycles. The van der Waals surface area contributed by atoms with Crippen molar-refractivity contribution in [1.29, 1.82) is 0 Å². The fraction of sp³-hybridized carbons (Fsp3) is 0.885. The van der Waals surface area contributed by atoms with Gasteiger partial charge in [0.15, 0.2) is 11.7 Å². The van der Waals surface area contributed by atoms with Crippen LogP contribution in [0.1, 0.15) is 158 Å². The van der Waals surface area contributed by atoms with E-state index in [1.807, 2.05) is 33.8 Å². The Labute approximate surface area is 403 Å². The van der Waals surface area contributed by atoms with Gasteiger partial charge >= 0.3 is 5.97 Å². The highest BCUT2D eigenvalue weighted by atomic mass is 16.7. The average Bonchev–Trinajstić information content (AvgIpc) is 3.26. The normalized spacial score (nSPS) is 40.9. The summed E-state index contributed by atoms with van der Waals surface area (Å²) >= 11 is 0. The van der Waals surface area contributed by atoms with Crippen molar-refractivity contribution < 1.29 is 59.9 Å². The molecule has 4 aliphatic rings. The van der Waals surface area contributed by atoms with Crippen LogP contribution in [-0.4, -0.2) is 139 Å². The van der Waals surface area contributed by atoms with Gasteiger partial charge in [-0.1, -0.05) is 92.5 Å². The van der Waals surface area contributed by atoms with Crippen LogP contribution >= 0.6 is 0 Å². The number of fused-ring (bicyclic) bond motifs is 23. The minimum Gasteiger partial charge on any atom is -0.461 e. The summed E-state index contributed by atoms with van der Waals surface area (Å²) in [6.07, 6.45) is 6.63. The number of hydrogen-bond donors (Lipinski definition) is 10. The number of carbonyl (C=O) groups excluding carboxylic acids is 1. The van der Waals surface area contributed by atoms with Crippen LogP contribution in [0.2, 0.25) is 0 Å². The Morgan fingerprint density at radius 3 is 2.12 bits per heavy atom. The number of carbonyl (C=O) groups is 1. The summed E-state index contributed by atoms with van der Waals surface area (Å²) in [6, 6.07) is 0. The van der Waals surface area contributed by atoms with Crippen LogP contribution in [0.25, 0.3) is 0 Å². The van der Waals surface area contributed by atoms with E-state index in [0.29, 0.717) is 18.3 Å². The van der Waals surface area contributed by atoms with Crippen LogP contribution in [0, 0.1) is 47.3 Å². The molecule has 4 bridgehead atoms. The lowest BCUT2D eigenvalue weighted by Crippen LogP contribution is -2.65. The number of aliphatic imine (C=N–C) groups is 1. The summed E-state index contributed by atoms with van der Waals surface area (Å²) in [6.45, 7) is 16.7. The predicted molar refractivity (Wildman–Crippen MR) is 261 cm³/mol. The van der Waals surface area contributed by atoms with Crippen LogP contribution in [0.5, 0.6) is 0 Å². The largest absolute Gasteiger partial charge is 0.461 e.